The molecule has 4 heteroatoms. The predicted octanol–water partition coefficient (Wildman–Crippen LogP) is 4.14. The first kappa shape index (κ1) is 12.7. The van der Waals surface area contributed by atoms with Crippen LogP contribution in [0, 0.1) is 12.7 Å². The molecule has 1 aromatic rings. The first-order chi connectivity index (χ1) is 6.97. The molecule has 1 atom stereocenters. The van der Waals surface area contributed by atoms with E-state index in [0.29, 0.717) is 17.5 Å². The van der Waals surface area contributed by atoms with Crippen molar-refractivity contribution in [2.24, 2.45) is 0 Å². The normalized spacial score (nSPS) is 12.6. The van der Waals surface area contributed by atoms with Crippen LogP contribution in [0.5, 0.6) is 0 Å². The monoisotopic (exact) mass is 292 g/mol. The molecule has 0 aliphatic rings. The van der Waals surface area contributed by atoms with E-state index < -0.39 is 0 Å². The molecule has 1 nitrogen and oxygen atoms in total. The Bertz CT molecular complexity index is 392. The van der Waals surface area contributed by atoms with E-state index in [9.17, 15) is 9.18 Å². The van der Waals surface area contributed by atoms with Crippen molar-refractivity contribution in [3.05, 3.63) is 34.1 Å². The van der Waals surface area contributed by atoms with Crippen molar-refractivity contribution < 1.29 is 9.18 Å². The number of Topliss-reactive ketones (excluding diaryl/α,β-unsaturated/α-hetero) is 1. The Morgan fingerprint density at radius 1 is 1.60 bits per heavy atom. The molecule has 0 saturated carbocycles. The summed E-state index contributed by atoms with van der Waals surface area (Å²) in [6.07, 6.45) is 0.672. The number of halogens is 3. The number of alkyl halides is 1. The average molecular weight is 294 g/mol. The fourth-order valence-corrected chi connectivity index (χ4v) is 1.69. The standard InChI is InChI=1S/C11H11BrClFO/c1-3-8(12)11(15)7-4-6(2)10(14)5-9(7)13/h4-5,8H,3H2,1-2H3. The zero-order valence-corrected chi connectivity index (χ0v) is 10.8. The van der Waals surface area contributed by atoms with Crippen molar-refractivity contribution in [3.63, 3.8) is 0 Å². The van der Waals surface area contributed by atoms with Gasteiger partial charge in [-0.25, -0.2) is 4.39 Å². The summed E-state index contributed by atoms with van der Waals surface area (Å²) in [6, 6.07) is 2.67. The lowest BCUT2D eigenvalue weighted by atomic mass is 10.0. The Kier molecular flexibility index (Phi) is 4.29. The molecule has 0 heterocycles. The smallest absolute Gasteiger partial charge is 0.177 e. The molecular weight excluding hydrogens is 282 g/mol. The molecule has 0 radical (unpaired) electrons. The van der Waals surface area contributed by atoms with Crippen LogP contribution in [0.2, 0.25) is 5.02 Å². The highest BCUT2D eigenvalue weighted by molar-refractivity contribution is 9.10. The number of hydrogen-bond donors (Lipinski definition) is 0. The Morgan fingerprint density at radius 3 is 2.73 bits per heavy atom. The van der Waals surface area contributed by atoms with Crippen LogP contribution in [0.3, 0.4) is 0 Å². The topological polar surface area (TPSA) is 17.1 Å². The minimum atomic E-state index is -0.390. The second-order valence-corrected chi connectivity index (χ2v) is 4.83. The molecule has 82 valence electrons. The zero-order chi connectivity index (χ0) is 11.6. The van der Waals surface area contributed by atoms with Gasteiger partial charge in [0.15, 0.2) is 5.78 Å². The molecule has 0 saturated heterocycles. The minimum absolute atomic E-state index is 0.106. The minimum Gasteiger partial charge on any atom is -0.293 e. The van der Waals surface area contributed by atoms with Gasteiger partial charge in [0, 0.05) is 5.56 Å². The number of rotatable bonds is 3. The molecule has 0 bridgehead atoms. The summed E-state index contributed by atoms with van der Waals surface area (Å²) in [6.45, 7) is 3.50. The lowest BCUT2D eigenvalue weighted by Gasteiger charge is -2.09. The van der Waals surface area contributed by atoms with Crippen LogP contribution in [0.1, 0.15) is 29.3 Å². The van der Waals surface area contributed by atoms with Gasteiger partial charge in [0.05, 0.1) is 9.85 Å². The van der Waals surface area contributed by atoms with Gasteiger partial charge in [-0.15, -0.1) is 0 Å². The lowest BCUT2D eigenvalue weighted by molar-refractivity contribution is 0.0990. The van der Waals surface area contributed by atoms with Gasteiger partial charge in [-0.2, -0.15) is 0 Å². The molecule has 1 unspecified atom stereocenters. The summed E-state index contributed by atoms with van der Waals surface area (Å²) in [5, 5.41) is 0.168. The third-order valence-electron chi connectivity index (χ3n) is 2.16. The van der Waals surface area contributed by atoms with Crippen molar-refractivity contribution in [3.8, 4) is 0 Å². The SMILES string of the molecule is CCC(Br)C(=O)c1cc(C)c(F)cc1Cl. The van der Waals surface area contributed by atoms with E-state index in [4.69, 9.17) is 11.6 Å². The lowest BCUT2D eigenvalue weighted by Crippen LogP contribution is -2.14. The number of ketones is 1. The largest absolute Gasteiger partial charge is 0.293 e. The Morgan fingerprint density at radius 2 is 2.20 bits per heavy atom. The van der Waals surface area contributed by atoms with Crippen LogP contribution in [-0.4, -0.2) is 10.6 Å². The van der Waals surface area contributed by atoms with Gasteiger partial charge in [-0.1, -0.05) is 34.5 Å². The van der Waals surface area contributed by atoms with Gasteiger partial charge in [0.1, 0.15) is 5.82 Å². The van der Waals surface area contributed by atoms with E-state index in [1.54, 1.807) is 6.92 Å². The quantitative estimate of drug-likeness (QED) is 0.604. The number of hydrogen-bond acceptors (Lipinski definition) is 1. The summed E-state index contributed by atoms with van der Waals surface area (Å²) in [5.74, 6) is -0.496. The van der Waals surface area contributed by atoms with Gasteiger partial charge >= 0.3 is 0 Å². The molecule has 0 aliphatic heterocycles. The molecule has 1 aromatic carbocycles. The predicted molar refractivity (Wildman–Crippen MR) is 63.5 cm³/mol. The van der Waals surface area contributed by atoms with E-state index in [1.165, 1.54) is 12.1 Å². The molecule has 0 aliphatic carbocycles. The van der Waals surface area contributed by atoms with Crippen LogP contribution in [-0.2, 0) is 0 Å². The molecule has 15 heavy (non-hydrogen) atoms. The van der Waals surface area contributed by atoms with Crippen LogP contribution in [0.25, 0.3) is 0 Å². The second-order valence-electron chi connectivity index (χ2n) is 3.32. The third kappa shape index (κ3) is 2.79. The highest BCUT2D eigenvalue weighted by Gasteiger charge is 2.19. The second kappa shape index (κ2) is 5.08. The number of benzene rings is 1. The first-order valence-corrected chi connectivity index (χ1v) is 5.90. The molecule has 0 amide bonds. The van der Waals surface area contributed by atoms with Crippen LogP contribution < -0.4 is 0 Å². The highest BCUT2D eigenvalue weighted by Crippen LogP contribution is 2.24. The molecule has 1 rings (SSSR count). The summed E-state index contributed by atoms with van der Waals surface area (Å²) in [5.41, 5.74) is 0.804. The van der Waals surface area contributed by atoms with Gasteiger partial charge in [0.25, 0.3) is 0 Å². The number of aryl methyl sites for hydroxylation is 1. The van der Waals surface area contributed by atoms with E-state index in [-0.39, 0.29) is 21.5 Å². The highest BCUT2D eigenvalue weighted by atomic mass is 79.9. The summed E-state index contributed by atoms with van der Waals surface area (Å²) in [4.78, 5) is 11.5. The van der Waals surface area contributed by atoms with E-state index >= 15 is 0 Å². The fourth-order valence-electron chi connectivity index (χ4n) is 1.20. The molecule has 0 spiro atoms. The summed E-state index contributed by atoms with van der Waals surface area (Å²) >= 11 is 9.07. The maximum absolute atomic E-state index is 13.1. The van der Waals surface area contributed by atoms with Crippen LogP contribution in [0.4, 0.5) is 4.39 Å². The van der Waals surface area contributed by atoms with E-state index in [2.05, 4.69) is 15.9 Å². The summed E-state index contributed by atoms with van der Waals surface area (Å²) in [7, 11) is 0. The number of carbonyl (C=O) groups excluding carboxylic acids is 1. The Balaban J connectivity index is 3.15. The Labute approximate surface area is 102 Å². The summed E-state index contributed by atoms with van der Waals surface area (Å²) < 4.78 is 13.1. The third-order valence-corrected chi connectivity index (χ3v) is 3.53. The van der Waals surface area contributed by atoms with E-state index in [0.717, 1.165) is 0 Å². The van der Waals surface area contributed by atoms with E-state index in [1.807, 2.05) is 6.92 Å². The average Bonchev–Trinajstić information content (AvgIpc) is 2.21. The van der Waals surface area contributed by atoms with Crippen molar-refractivity contribution in [2.45, 2.75) is 25.1 Å². The Hall–Kier alpha value is -0.410. The van der Waals surface area contributed by atoms with Crippen molar-refractivity contribution in [2.75, 3.05) is 0 Å². The van der Waals surface area contributed by atoms with Gasteiger partial charge in [-0.05, 0) is 31.0 Å². The fraction of sp³-hybridized carbons (Fsp3) is 0.364. The number of carbonyl (C=O) groups is 1. The van der Waals surface area contributed by atoms with Crippen molar-refractivity contribution in [1.82, 2.24) is 0 Å². The zero-order valence-electron chi connectivity index (χ0n) is 8.48. The maximum atomic E-state index is 13.1. The molecular formula is C11H11BrClFO. The van der Waals surface area contributed by atoms with Crippen molar-refractivity contribution >= 4 is 33.3 Å². The van der Waals surface area contributed by atoms with Crippen LogP contribution in [0.15, 0.2) is 12.1 Å². The van der Waals surface area contributed by atoms with Gasteiger partial charge in [0.2, 0.25) is 0 Å². The first-order valence-electron chi connectivity index (χ1n) is 4.61. The van der Waals surface area contributed by atoms with Gasteiger partial charge in [-0.3, -0.25) is 4.79 Å². The molecule has 0 fully saturated rings. The maximum Gasteiger partial charge on any atom is 0.177 e. The van der Waals surface area contributed by atoms with Crippen LogP contribution >= 0.6 is 27.5 Å². The van der Waals surface area contributed by atoms with Crippen molar-refractivity contribution in [1.29, 1.82) is 0 Å². The van der Waals surface area contributed by atoms with Gasteiger partial charge < -0.3 is 0 Å². The molecule has 0 N–H and O–H groups in total. The molecule has 0 aromatic heterocycles.